The molecule has 35 heavy (non-hydrogen) atoms. The lowest BCUT2D eigenvalue weighted by Crippen LogP contribution is -2.44. The fraction of sp³-hybridized carbons (Fsp3) is 0.520. The molecule has 1 saturated carbocycles. The van der Waals surface area contributed by atoms with Gasteiger partial charge in [-0.1, -0.05) is 0 Å². The number of anilines is 2. The molecular formula is C25H32N6O4. The molecule has 0 unspecified atom stereocenters. The summed E-state index contributed by atoms with van der Waals surface area (Å²) in [6, 6.07) is 9.27. The average molecular weight is 481 g/mol. The van der Waals surface area contributed by atoms with E-state index in [0.717, 1.165) is 18.4 Å². The second-order valence-corrected chi connectivity index (χ2v) is 9.53. The molecule has 5 rings (SSSR count). The van der Waals surface area contributed by atoms with Gasteiger partial charge in [0.25, 0.3) is 5.91 Å². The topological polar surface area (TPSA) is 120 Å². The molecule has 3 aliphatic rings. The number of morpholine rings is 1. The first-order valence-electron chi connectivity index (χ1n) is 12.3. The van der Waals surface area contributed by atoms with Crippen LogP contribution in [0, 0.1) is 0 Å². The Kier molecular flexibility index (Phi) is 6.83. The normalized spacial score (nSPS) is 21.0. The molecule has 10 heteroatoms. The fourth-order valence-electron chi connectivity index (χ4n) is 4.40. The Morgan fingerprint density at radius 2 is 1.80 bits per heavy atom. The van der Waals surface area contributed by atoms with E-state index in [4.69, 9.17) is 9.72 Å². The van der Waals surface area contributed by atoms with E-state index in [-0.39, 0.29) is 30.1 Å². The van der Waals surface area contributed by atoms with Crippen molar-refractivity contribution < 1.29 is 19.4 Å². The SMILES string of the molecule is C[C@H]1COCCN1c1cc(C(=O)N2CCC(O)CC2)nc(-c2ccc(NC(=O)NC3CC3)cc2)n1. The molecule has 2 aliphatic heterocycles. The Morgan fingerprint density at radius 3 is 2.49 bits per heavy atom. The van der Waals surface area contributed by atoms with Gasteiger partial charge in [0, 0.05) is 43.0 Å². The Hall–Kier alpha value is -3.24. The zero-order valence-electron chi connectivity index (χ0n) is 19.9. The second kappa shape index (κ2) is 10.2. The molecule has 10 nitrogen and oxygen atoms in total. The molecule has 2 aromatic rings. The summed E-state index contributed by atoms with van der Waals surface area (Å²) < 4.78 is 5.58. The number of aliphatic hydroxyl groups is 1. The Morgan fingerprint density at radius 1 is 1.06 bits per heavy atom. The summed E-state index contributed by atoms with van der Waals surface area (Å²) in [5.74, 6) is 0.991. The molecule has 0 bridgehead atoms. The number of ether oxygens (including phenoxy) is 1. The van der Waals surface area contributed by atoms with Gasteiger partial charge in [-0.2, -0.15) is 0 Å². The summed E-state index contributed by atoms with van der Waals surface area (Å²) in [6.45, 7) is 4.95. The molecular weight excluding hydrogens is 448 g/mol. The van der Waals surface area contributed by atoms with Crippen molar-refractivity contribution >= 4 is 23.4 Å². The van der Waals surface area contributed by atoms with Crippen LogP contribution in [0.2, 0.25) is 0 Å². The Bertz CT molecular complexity index is 1070. The number of hydrogen-bond donors (Lipinski definition) is 3. The summed E-state index contributed by atoms with van der Waals surface area (Å²) in [7, 11) is 0. The molecule has 1 aromatic heterocycles. The number of likely N-dealkylation sites (tertiary alicyclic amines) is 1. The van der Waals surface area contributed by atoms with Crippen LogP contribution in [-0.4, -0.2) is 82.9 Å². The number of urea groups is 1. The lowest BCUT2D eigenvalue weighted by molar-refractivity contribution is 0.0541. The van der Waals surface area contributed by atoms with Crippen LogP contribution in [0.25, 0.3) is 11.4 Å². The predicted octanol–water partition coefficient (Wildman–Crippen LogP) is 2.25. The number of hydrogen-bond acceptors (Lipinski definition) is 7. The highest BCUT2D eigenvalue weighted by atomic mass is 16.5. The number of nitrogens with one attached hydrogen (secondary N) is 2. The van der Waals surface area contributed by atoms with Gasteiger partial charge < -0.3 is 30.3 Å². The first kappa shape index (κ1) is 23.5. The molecule has 3 N–H and O–H groups in total. The van der Waals surface area contributed by atoms with E-state index >= 15 is 0 Å². The molecule has 0 radical (unpaired) electrons. The van der Waals surface area contributed by atoms with E-state index in [9.17, 15) is 14.7 Å². The first-order chi connectivity index (χ1) is 17.0. The van der Waals surface area contributed by atoms with Crippen LogP contribution in [0.5, 0.6) is 0 Å². The highest BCUT2D eigenvalue weighted by Crippen LogP contribution is 2.26. The zero-order valence-corrected chi connectivity index (χ0v) is 19.9. The summed E-state index contributed by atoms with van der Waals surface area (Å²) in [6.07, 6.45) is 2.84. The van der Waals surface area contributed by atoms with E-state index in [0.29, 0.717) is 68.7 Å². The maximum Gasteiger partial charge on any atom is 0.319 e. The van der Waals surface area contributed by atoms with Crippen LogP contribution in [0.4, 0.5) is 16.3 Å². The van der Waals surface area contributed by atoms with Gasteiger partial charge in [0.15, 0.2) is 5.82 Å². The van der Waals surface area contributed by atoms with Crippen molar-refractivity contribution in [1.82, 2.24) is 20.2 Å². The number of aliphatic hydroxyl groups excluding tert-OH is 1. The minimum absolute atomic E-state index is 0.121. The van der Waals surface area contributed by atoms with Gasteiger partial charge in [-0.05, 0) is 56.9 Å². The van der Waals surface area contributed by atoms with Crippen LogP contribution in [-0.2, 0) is 4.74 Å². The molecule has 1 aliphatic carbocycles. The average Bonchev–Trinajstić information content (AvgIpc) is 3.68. The van der Waals surface area contributed by atoms with Crippen molar-refractivity contribution in [1.29, 1.82) is 0 Å². The van der Waals surface area contributed by atoms with Crippen LogP contribution in [0.15, 0.2) is 30.3 Å². The number of piperidine rings is 1. The minimum Gasteiger partial charge on any atom is -0.393 e. The van der Waals surface area contributed by atoms with Crippen LogP contribution in [0.3, 0.4) is 0 Å². The van der Waals surface area contributed by atoms with Crippen LogP contribution < -0.4 is 15.5 Å². The van der Waals surface area contributed by atoms with Gasteiger partial charge in [0.2, 0.25) is 0 Å². The summed E-state index contributed by atoms with van der Waals surface area (Å²) >= 11 is 0. The number of aromatic nitrogens is 2. The number of nitrogens with zero attached hydrogens (tertiary/aromatic N) is 4. The molecule has 3 amide bonds. The third kappa shape index (κ3) is 5.71. The third-order valence-electron chi connectivity index (χ3n) is 6.66. The van der Waals surface area contributed by atoms with E-state index in [1.165, 1.54) is 0 Å². The monoisotopic (exact) mass is 480 g/mol. The fourth-order valence-corrected chi connectivity index (χ4v) is 4.40. The predicted molar refractivity (Wildman–Crippen MR) is 131 cm³/mol. The van der Waals surface area contributed by atoms with E-state index < -0.39 is 0 Å². The van der Waals surface area contributed by atoms with Gasteiger partial charge in [-0.3, -0.25) is 4.79 Å². The zero-order chi connectivity index (χ0) is 24.4. The molecule has 0 spiro atoms. The molecule has 2 saturated heterocycles. The van der Waals surface area contributed by atoms with Crippen molar-refractivity contribution in [3.05, 3.63) is 36.0 Å². The number of carbonyl (C=O) groups excluding carboxylic acids is 2. The van der Waals surface area contributed by atoms with Gasteiger partial charge in [0.1, 0.15) is 11.5 Å². The smallest absolute Gasteiger partial charge is 0.319 e. The summed E-state index contributed by atoms with van der Waals surface area (Å²) in [4.78, 5) is 38.7. The number of rotatable bonds is 5. The van der Waals surface area contributed by atoms with Crippen molar-refractivity contribution in [2.45, 2.75) is 50.8 Å². The maximum atomic E-state index is 13.3. The van der Waals surface area contributed by atoms with Crippen LogP contribution >= 0.6 is 0 Å². The standard InChI is InChI=1S/C25H32N6O4/c1-16-15-35-13-12-31(16)22-14-21(24(33)30-10-8-20(32)9-11-30)28-23(29-22)17-2-4-18(5-3-17)26-25(34)27-19-6-7-19/h2-5,14,16,19-20,32H,6-13,15H2,1H3,(H2,26,27,34)/t16-/m0/s1. The Labute approximate surface area is 204 Å². The van der Waals surface area contributed by atoms with E-state index in [2.05, 4.69) is 27.4 Å². The molecule has 3 heterocycles. The lowest BCUT2D eigenvalue weighted by Gasteiger charge is -2.35. The second-order valence-electron chi connectivity index (χ2n) is 9.53. The van der Waals surface area contributed by atoms with Gasteiger partial charge in [0.05, 0.1) is 25.4 Å². The highest BCUT2D eigenvalue weighted by Gasteiger charge is 2.27. The minimum atomic E-state index is -0.358. The maximum absolute atomic E-state index is 13.3. The molecule has 1 atom stereocenters. The number of carbonyl (C=O) groups is 2. The van der Waals surface area contributed by atoms with Crippen molar-refractivity contribution in [3.63, 3.8) is 0 Å². The highest BCUT2D eigenvalue weighted by molar-refractivity contribution is 5.94. The third-order valence-corrected chi connectivity index (χ3v) is 6.66. The van der Waals surface area contributed by atoms with Crippen molar-refractivity contribution in [2.24, 2.45) is 0 Å². The first-order valence-corrected chi connectivity index (χ1v) is 12.3. The number of amides is 3. The number of benzene rings is 1. The lowest BCUT2D eigenvalue weighted by atomic mass is 10.1. The largest absolute Gasteiger partial charge is 0.393 e. The molecule has 3 fully saturated rings. The van der Waals surface area contributed by atoms with Gasteiger partial charge in [-0.25, -0.2) is 14.8 Å². The van der Waals surface area contributed by atoms with E-state index in [1.807, 2.05) is 24.3 Å². The van der Waals surface area contributed by atoms with Gasteiger partial charge >= 0.3 is 6.03 Å². The summed E-state index contributed by atoms with van der Waals surface area (Å²) in [5.41, 5.74) is 1.77. The quantitative estimate of drug-likeness (QED) is 0.600. The van der Waals surface area contributed by atoms with Gasteiger partial charge in [-0.15, -0.1) is 0 Å². The summed E-state index contributed by atoms with van der Waals surface area (Å²) in [5, 5.41) is 15.6. The Balaban J connectivity index is 1.41. The molecule has 186 valence electrons. The van der Waals surface area contributed by atoms with E-state index in [1.54, 1.807) is 11.0 Å². The molecule has 1 aromatic carbocycles. The van der Waals surface area contributed by atoms with Crippen LogP contribution in [0.1, 0.15) is 43.1 Å². The van der Waals surface area contributed by atoms with Crippen molar-refractivity contribution in [2.75, 3.05) is 43.1 Å². The van der Waals surface area contributed by atoms with Crippen molar-refractivity contribution in [3.8, 4) is 11.4 Å².